The molecule has 5 unspecified atom stereocenters. The fraction of sp³-hybridized carbons (Fsp3) is 0.733. The summed E-state index contributed by atoms with van der Waals surface area (Å²) in [6.45, 7) is 6.94. The van der Waals surface area contributed by atoms with Gasteiger partial charge in [-0.05, 0) is 60.3 Å². The Morgan fingerprint density at radius 1 is 1.19 bits per heavy atom. The highest BCUT2D eigenvalue weighted by molar-refractivity contribution is 5.56. The van der Waals surface area contributed by atoms with Gasteiger partial charge in [0.1, 0.15) is 0 Å². The van der Waals surface area contributed by atoms with Crippen molar-refractivity contribution in [3.05, 3.63) is 17.7 Å². The van der Waals surface area contributed by atoms with Crippen molar-refractivity contribution in [2.24, 2.45) is 29.6 Å². The molecular formula is C15H23N. The topological polar surface area (TPSA) is 23.9 Å². The molecule has 88 valence electrons. The quantitative estimate of drug-likeness (QED) is 0.533. The normalized spacial score (nSPS) is 43.4. The molecule has 0 saturated heterocycles. The first-order valence-electron chi connectivity index (χ1n) is 6.58. The van der Waals surface area contributed by atoms with Crippen molar-refractivity contribution in [2.75, 3.05) is 0 Å². The zero-order valence-electron chi connectivity index (χ0n) is 10.7. The molecular weight excluding hydrogens is 194 g/mol. The summed E-state index contributed by atoms with van der Waals surface area (Å²) in [7, 11) is 0. The summed E-state index contributed by atoms with van der Waals surface area (Å²) in [5.41, 5.74) is 1.21. The molecule has 0 aliphatic heterocycles. The van der Waals surface area contributed by atoms with Crippen molar-refractivity contribution >= 4 is 5.87 Å². The van der Waals surface area contributed by atoms with Crippen molar-refractivity contribution in [3.63, 3.8) is 0 Å². The van der Waals surface area contributed by atoms with E-state index in [2.05, 4.69) is 38.8 Å². The van der Waals surface area contributed by atoms with Crippen molar-refractivity contribution in [2.45, 2.75) is 40.0 Å². The summed E-state index contributed by atoms with van der Waals surface area (Å²) in [6.07, 6.45) is 8.50. The Hall–Kier alpha value is -0.810. The van der Waals surface area contributed by atoms with Crippen molar-refractivity contribution in [3.8, 4) is 0 Å². The Balaban J connectivity index is 1.88. The van der Waals surface area contributed by atoms with Gasteiger partial charge in [-0.2, -0.15) is 0 Å². The second-order valence-corrected chi connectivity index (χ2v) is 5.87. The van der Waals surface area contributed by atoms with Gasteiger partial charge in [-0.1, -0.05) is 32.9 Å². The largest absolute Gasteiger partial charge is 0.259 e. The van der Waals surface area contributed by atoms with Gasteiger partial charge in [-0.25, -0.2) is 0 Å². The number of nitrogens with one attached hydrogen (secondary N) is 1. The lowest BCUT2D eigenvalue weighted by molar-refractivity contribution is 0.144. The Bertz CT molecular complexity index is 335. The summed E-state index contributed by atoms with van der Waals surface area (Å²) >= 11 is 0. The molecule has 0 spiro atoms. The van der Waals surface area contributed by atoms with Crippen molar-refractivity contribution in [1.82, 2.24) is 0 Å². The van der Waals surface area contributed by atoms with Gasteiger partial charge in [0.2, 0.25) is 0 Å². The molecule has 1 heteroatoms. The number of hydrogen-bond acceptors (Lipinski definition) is 1. The van der Waals surface area contributed by atoms with Gasteiger partial charge in [-0.15, -0.1) is 0 Å². The van der Waals surface area contributed by atoms with Crippen LogP contribution < -0.4 is 0 Å². The molecule has 5 atom stereocenters. The molecule has 2 aliphatic carbocycles. The van der Waals surface area contributed by atoms with Gasteiger partial charge in [-0.3, -0.25) is 5.41 Å². The summed E-state index contributed by atoms with van der Waals surface area (Å²) in [5.74, 6) is 6.45. The van der Waals surface area contributed by atoms with E-state index in [-0.39, 0.29) is 0 Å². The zero-order chi connectivity index (χ0) is 11.7. The molecule has 16 heavy (non-hydrogen) atoms. The lowest BCUT2D eigenvalue weighted by Gasteiger charge is -2.39. The Labute approximate surface area is 99.1 Å². The lowest BCUT2D eigenvalue weighted by Crippen LogP contribution is -2.30. The first-order valence-corrected chi connectivity index (χ1v) is 6.58. The van der Waals surface area contributed by atoms with E-state index in [0.29, 0.717) is 11.8 Å². The molecule has 0 radical (unpaired) electrons. The van der Waals surface area contributed by atoms with E-state index in [0.717, 1.165) is 24.2 Å². The van der Waals surface area contributed by atoms with Crippen LogP contribution in [0.3, 0.4) is 0 Å². The van der Waals surface area contributed by atoms with E-state index >= 15 is 0 Å². The fourth-order valence-corrected chi connectivity index (χ4v) is 3.12. The van der Waals surface area contributed by atoms with E-state index < -0.39 is 0 Å². The van der Waals surface area contributed by atoms with E-state index in [1.165, 1.54) is 18.4 Å². The van der Waals surface area contributed by atoms with Crippen LogP contribution in [0.1, 0.15) is 40.0 Å². The second-order valence-electron chi connectivity index (χ2n) is 5.87. The average molecular weight is 217 g/mol. The smallest absolute Gasteiger partial charge is 0.00603 e. The van der Waals surface area contributed by atoms with Crippen LogP contribution in [0.4, 0.5) is 0 Å². The van der Waals surface area contributed by atoms with Crippen LogP contribution in [-0.2, 0) is 0 Å². The fourth-order valence-electron chi connectivity index (χ4n) is 3.12. The minimum Gasteiger partial charge on any atom is -0.259 e. The summed E-state index contributed by atoms with van der Waals surface area (Å²) in [6, 6.07) is 0. The van der Waals surface area contributed by atoms with Crippen molar-refractivity contribution < 1.29 is 0 Å². The van der Waals surface area contributed by atoms with Crippen LogP contribution in [0.15, 0.2) is 17.7 Å². The summed E-state index contributed by atoms with van der Waals surface area (Å²) in [5, 5.41) is 7.23. The molecule has 1 nitrogen and oxygen atoms in total. The third-order valence-corrected chi connectivity index (χ3v) is 4.74. The average Bonchev–Trinajstić information content (AvgIpc) is 2.64. The van der Waals surface area contributed by atoms with E-state index in [1.54, 1.807) is 0 Å². The molecule has 0 amide bonds. The molecule has 2 fully saturated rings. The SMILES string of the molecule is CC1CC(/C=C/C2CC(C)C2C)CC1=C=N. The number of rotatable bonds is 2. The zero-order valence-corrected chi connectivity index (χ0v) is 10.7. The molecule has 2 aliphatic rings. The second kappa shape index (κ2) is 4.59. The predicted molar refractivity (Wildman–Crippen MR) is 68.7 cm³/mol. The Morgan fingerprint density at radius 2 is 1.94 bits per heavy atom. The van der Waals surface area contributed by atoms with Crippen LogP contribution >= 0.6 is 0 Å². The summed E-state index contributed by atoms with van der Waals surface area (Å²) < 4.78 is 0. The Morgan fingerprint density at radius 3 is 2.44 bits per heavy atom. The first-order chi connectivity index (χ1) is 7.61. The van der Waals surface area contributed by atoms with Gasteiger partial charge in [0, 0.05) is 0 Å². The molecule has 2 saturated carbocycles. The van der Waals surface area contributed by atoms with Crippen molar-refractivity contribution in [1.29, 1.82) is 5.41 Å². The van der Waals surface area contributed by atoms with Gasteiger partial charge in [0.05, 0.1) is 0 Å². The third kappa shape index (κ3) is 2.15. The van der Waals surface area contributed by atoms with Crippen LogP contribution in [0.2, 0.25) is 0 Å². The van der Waals surface area contributed by atoms with E-state index in [9.17, 15) is 0 Å². The Kier molecular flexibility index (Phi) is 3.35. The maximum absolute atomic E-state index is 7.23. The molecule has 0 aromatic heterocycles. The summed E-state index contributed by atoms with van der Waals surface area (Å²) in [4.78, 5) is 0. The maximum atomic E-state index is 7.23. The molecule has 0 aromatic carbocycles. The van der Waals surface area contributed by atoms with E-state index in [4.69, 9.17) is 5.41 Å². The lowest BCUT2D eigenvalue weighted by atomic mass is 9.66. The molecule has 2 rings (SSSR count). The van der Waals surface area contributed by atoms with Crippen LogP contribution in [-0.4, -0.2) is 5.87 Å². The van der Waals surface area contributed by atoms with Crippen LogP contribution in [0, 0.1) is 35.0 Å². The monoisotopic (exact) mass is 217 g/mol. The van der Waals surface area contributed by atoms with Crippen LogP contribution in [0.25, 0.3) is 0 Å². The first kappa shape index (κ1) is 11.7. The maximum Gasteiger partial charge on any atom is -0.00603 e. The van der Waals surface area contributed by atoms with Gasteiger partial charge < -0.3 is 0 Å². The molecule has 0 aromatic rings. The molecule has 0 heterocycles. The van der Waals surface area contributed by atoms with E-state index in [1.807, 2.05) is 0 Å². The molecule has 1 N–H and O–H groups in total. The minimum absolute atomic E-state index is 0.574. The standard InChI is InChI=1S/C15H23N/c1-10-7-14(12(10)3)5-4-13-6-11(2)15(8-13)9-16/h4-5,10-14,16H,6-8H2,1-3H3/b5-4+. The highest BCUT2D eigenvalue weighted by Crippen LogP contribution is 2.42. The predicted octanol–water partition coefficient (Wildman–Crippen LogP) is 4.06. The molecule has 0 bridgehead atoms. The highest BCUT2D eigenvalue weighted by atomic mass is 14.4. The van der Waals surface area contributed by atoms with Gasteiger partial charge >= 0.3 is 0 Å². The number of allylic oxidation sites excluding steroid dienone is 3. The number of hydrogen-bond donors (Lipinski definition) is 1. The third-order valence-electron chi connectivity index (χ3n) is 4.74. The van der Waals surface area contributed by atoms with Gasteiger partial charge in [0.25, 0.3) is 0 Å². The van der Waals surface area contributed by atoms with Crippen LogP contribution in [0.5, 0.6) is 0 Å². The van der Waals surface area contributed by atoms with Gasteiger partial charge in [0.15, 0.2) is 0 Å². The highest BCUT2D eigenvalue weighted by Gasteiger charge is 2.32. The minimum atomic E-state index is 0.574.